The highest BCUT2D eigenvalue weighted by molar-refractivity contribution is 6.30. The molecular formula is C19H18ClN3O2. The van der Waals surface area contributed by atoms with Crippen LogP contribution >= 0.6 is 11.6 Å². The molecule has 6 heteroatoms. The van der Waals surface area contributed by atoms with Crippen LogP contribution in [0.15, 0.2) is 67.3 Å². The number of hydrogen-bond donors (Lipinski definition) is 1. The third kappa shape index (κ3) is 4.61. The normalized spacial score (nSPS) is 11.8. The molecule has 3 rings (SSSR count). The van der Waals surface area contributed by atoms with Crippen molar-refractivity contribution >= 4 is 17.5 Å². The van der Waals surface area contributed by atoms with Crippen LogP contribution in [0.5, 0.6) is 5.75 Å². The Labute approximate surface area is 151 Å². The topological polar surface area (TPSA) is 56.1 Å². The van der Waals surface area contributed by atoms with Crippen molar-refractivity contribution in [1.29, 1.82) is 0 Å². The molecule has 1 atom stereocenters. The summed E-state index contributed by atoms with van der Waals surface area (Å²) in [6, 6.07) is 14.8. The van der Waals surface area contributed by atoms with Gasteiger partial charge in [0.1, 0.15) is 5.75 Å². The molecular weight excluding hydrogens is 338 g/mol. The van der Waals surface area contributed by atoms with Crippen LogP contribution in [-0.2, 0) is 11.3 Å². The molecule has 0 aliphatic rings. The molecule has 2 aromatic carbocycles. The van der Waals surface area contributed by atoms with Crippen molar-refractivity contribution in [2.45, 2.75) is 19.6 Å². The van der Waals surface area contributed by atoms with Crippen molar-refractivity contribution in [2.24, 2.45) is 0 Å². The summed E-state index contributed by atoms with van der Waals surface area (Å²) in [5.74, 6) is 0.436. The predicted molar refractivity (Wildman–Crippen MR) is 97.0 cm³/mol. The molecule has 25 heavy (non-hydrogen) atoms. The molecule has 0 aliphatic heterocycles. The smallest absolute Gasteiger partial charge is 0.261 e. The number of nitrogens with one attached hydrogen (secondary N) is 1. The zero-order valence-corrected chi connectivity index (χ0v) is 14.5. The maximum atomic E-state index is 12.2. The average molecular weight is 356 g/mol. The lowest BCUT2D eigenvalue weighted by Gasteiger charge is -2.15. The highest BCUT2D eigenvalue weighted by atomic mass is 35.5. The molecule has 1 heterocycles. The van der Waals surface area contributed by atoms with Crippen molar-refractivity contribution < 1.29 is 9.53 Å². The van der Waals surface area contributed by atoms with Crippen LogP contribution < -0.4 is 10.1 Å². The molecule has 0 spiro atoms. The van der Waals surface area contributed by atoms with Crippen molar-refractivity contribution in [2.75, 3.05) is 0 Å². The molecule has 0 fully saturated rings. The number of benzene rings is 2. The molecule has 3 aromatic rings. The van der Waals surface area contributed by atoms with Gasteiger partial charge in [0.05, 0.1) is 6.33 Å². The fourth-order valence-electron chi connectivity index (χ4n) is 2.30. The van der Waals surface area contributed by atoms with Crippen LogP contribution in [0.25, 0.3) is 5.69 Å². The fraction of sp³-hybridized carbons (Fsp3) is 0.158. The number of carbonyl (C=O) groups excluding carboxylic acids is 1. The number of ether oxygens (including phenoxy) is 1. The van der Waals surface area contributed by atoms with Crippen LogP contribution in [0.4, 0.5) is 0 Å². The van der Waals surface area contributed by atoms with E-state index in [1.165, 1.54) is 0 Å². The van der Waals surface area contributed by atoms with Crippen LogP contribution in [-0.4, -0.2) is 21.6 Å². The Bertz CT molecular complexity index is 815. The second-order valence-corrected chi connectivity index (χ2v) is 6.00. The quantitative estimate of drug-likeness (QED) is 0.735. The van der Waals surface area contributed by atoms with Crippen LogP contribution in [0, 0.1) is 0 Å². The maximum Gasteiger partial charge on any atom is 0.261 e. The number of aromatic nitrogens is 2. The Kier molecular flexibility index (Phi) is 5.36. The summed E-state index contributed by atoms with van der Waals surface area (Å²) in [5.41, 5.74) is 2.03. The summed E-state index contributed by atoms with van der Waals surface area (Å²) in [7, 11) is 0. The molecule has 0 radical (unpaired) electrons. The number of imidazole rings is 1. The van der Waals surface area contributed by atoms with Gasteiger partial charge in [0, 0.05) is 29.6 Å². The third-order valence-corrected chi connectivity index (χ3v) is 3.95. The van der Waals surface area contributed by atoms with Crippen molar-refractivity contribution in [3.8, 4) is 11.4 Å². The van der Waals surface area contributed by atoms with E-state index in [-0.39, 0.29) is 5.91 Å². The van der Waals surface area contributed by atoms with E-state index in [2.05, 4.69) is 10.3 Å². The lowest BCUT2D eigenvalue weighted by atomic mass is 10.2. The first kappa shape index (κ1) is 17.0. The van der Waals surface area contributed by atoms with Crippen LogP contribution in [0.3, 0.4) is 0 Å². The van der Waals surface area contributed by atoms with E-state index in [1.807, 2.05) is 35.0 Å². The van der Waals surface area contributed by atoms with Gasteiger partial charge in [-0.1, -0.05) is 23.7 Å². The van der Waals surface area contributed by atoms with Gasteiger partial charge in [0.2, 0.25) is 0 Å². The summed E-state index contributed by atoms with van der Waals surface area (Å²) in [5, 5.41) is 3.50. The van der Waals surface area contributed by atoms with Gasteiger partial charge in [-0.2, -0.15) is 0 Å². The fourth-order valence-corrected chi connectivity index (χ4v) is 2.43. The zero-order chi connectivity index (χ0) is 17.6. The van der Waals surface area contributed by atoms with E-state index in [0.29, 0.717) is 17.3 Å². The molecule has 0 aliphatic carbocycles. The molecule has 1 N–H and O–H groups in total. The lowest BCUT2D eigenvalue weighted by molar-refractivity contribution is -0.127. The number of rotatable bonds is 6. The van der Waals surface area contributed by atoms with Crippen LogP contribution in [0.1, 0.15) is 12.5 Å². The zero-order valence-electron chi connectivity index (χ0n) is 13.7. The Hall–Kier alpha value is -2.79. The Balaban J connectivity index is 1.52. The number of nitrogens with zero attached hydrogens (tertiary/aromatic N) is 2. The van der Waals surface area contributed by atoms with Gasteiger partial charge >= 0.3 is 0 Å². The molecule has 0 saturated carbocycles. The van der Waals surface area contributed by atoms with Crippen molar-refractivity contribution in [3.63, 3.8) is 0 Å². The number of carbonyl (C=O) groups is 1. The molecule has 1 aromatic heterocycles. The molecule has 5 nitrogen and oxygen atoms in total. The summed E-state index contributed by atoms with van der Waals surface area (Å²) in [6.45, 7) is 2.16. The van der Waals surface area contributed by atoms with Gasteiger partial charge in [0.15, 0.2) is 6.10 Å². The second-order valence-electron chi connectivity index (χ2n) is 5.57. The summed E-state index contributed by atoms with van der Waals surface area (Å²) < 4.78 is 7.53. The summed E-state index contributed by atoms with van der Waals surface area (Å²) in [4.78, 5) is 16.2. The lowest BCUT2D eigenvalue weighted by Crippen LogP contribution is -2.35. The number of amides is 1. The van der Waals surface area contributed by atoms with E-state index in [9.17, 15) is 4.79 Å². The maximum absolute atomic E-state index is 12.2. The van der Waals surface area contributed by atoms with Gasteiger partial charge in [-0.05, 0) is 48.9 Å². The SMILES string of the molecule is C[C@@H](Oc1ccc(Cl)cc1)C(=O)NCc1ccc(-n2ccnc2)cc1. The minimum absolute atomic E-state index is 0.173. The second kappa shape index (κ2) is 7.85. The first-order chi connectivity index (χ1) is 12.1. The van der Waals surface area contributed by atoms with E-state index in [0.717, 1.165) is 11.3 Å². The van der Waals surface area contributed by atoms with Crippen molar-refractivity contribution in [1.82, 2.24) is 14.9 Å². The van der Waals surface area contributed by atoms with Gasteiger partial charge in [-0.25, -0.2) is 4.98 Å². The highest BCUT2D eigenvalue weighted by Gasteiger charge is 2.14. The minimum atomic E-state index is -0.591. The molecule has 1 amide bonds. The predicted octanol–water partition coefficient (Wildman–Crippen LogP) is 3.61. The Morgan fingerprint density at radius 3 is 2.56 bits per heavy atom. The summed E-state index contributed by atoms with van der Waals surface area (Å²) >= 11 is 5.83. The van der Waals surface area contributed by atoms with E-state index >= 15 is 0 Å². The van der Waals surface area contributed by atoms with E-state index in [1.54, 1.807) is 43.7 Å². The monoisotopic (exact) mass is 355 g/mol. The average Bonchev–Trinajstić information content (AvgIpc) is 3.16. The largest absolute Gasteiger partial charge is 0.481 e. The minimum Gasteiger partial charge on any atom is -0.481 e. The molecule has 0 bridgehead atoms. The molecule has 0 unspecified atom stereocenters. The third-order valence-electron chi connectivity index (χ3n) is 3.70. The number of halogens is 1. The standard InChI is InChI=1S/C19H18ClN3O2/c1-14(25-18-8-4-16(20)5-9-18)19(24)22-12-15-2-6-17(7-3-15)23-11-10-21-13-23/h2-11,13-14H,12H2,1H3,(H,22,24)/t14-/m1/s1. The van der Waals surface area contributed by atoms with E-state index in [4.69, 9.17) is 16.3 Å². The molecule has 0 saturated heterocycles. The van der Waals surface area contributed by atoms with Gasteiger partial charge in [0.25, 0.3) is 5.91 Å². The number of hydrogen-bond acceptors (Lipinski definition) is 3. The highest BCUT2D eigenvalue weighted by Crippen LogP contribution is 2.17. The van der Waals surface area contributed by atoms with Gasteiger partial charge in [-0.15, -0.1) is 0 Å². The Morgan fingerprint density at radius 2 is 1.92 bits per heavy atom. The first-order valence-corrected chi connectivity index (χ1v) is 8.27. The van der Waals surface area contributed by atoms with Gasteiger partial charge in [-0.3, -0.25) is 4.79 Å². The summed E-state index contributed by atoms with van der Waals surface area (Å²) in [6.07, 6.45) is 4.77. The van der Waals surface area contributed by atoms with Crippen LogP contribution in [0.2, 0.25) is 5.02 Å². The Morgan fingerprint density at radius 1 is 1.20 bits per heavy atom. The molecule has 128 valence electrons. The van der Waals surface area contributed by atoms with E-state index < -0.39 is 6.10 Å². The van der Waals surface area contributed by atoms with Crippen molar-refractivity contribution in [3.05, 3.63) is 77.8 Å². The first-order valence-electron chi connectivity index (χ1n) is 7.89. The van der Waals surface area contributed by atoms with Gasteiger partial charge < -0.3 is 14.6 Å².